The summed E-state index contributed by atoms with van der Waals surface area (Å²) in [5.74, 6) is -0.383. The highest BCUT2D eigenvalue weighted by Crippen LogP contribution is 2.28. The summed E-state index contributed by atoms with van der Waals surface area (Å²) < 4.78 is 5.74. The molecule has 0 saturated heterocycles. The molecule has 4 heteroatoms. The number of carbonyl (C=O) groups is 1. The summed E-state index contributed by atoms with van der Waals surface area (Å²) in [5.41, 5.74) is 2.37. The van der Waals surface area contributed by atoms with E-state index in [0.717, 1.165) is 30.4 Å². The molecule has 0 aliphatic carbocycles. The average Bonchev–Trinajstić information content (AvgIpc) is 2.64. The molecule has 0 radical (unpaired) electrons. The van der Waals surface area contributed by atoms with Crippen molar-refractivity contribution in [2.24, 2.45) is 0 Å². The molecule has 3 atom stereocenters. The fourth-order valence-electron chi connectivity index (χ4n) is 3.29. The van der Waals surface area contributed by atoms with Crippen molar-refractivity contribution in [3.05, 3.63) is 71.3 Å². The Bertz CT molecular complexity index is 698. The highest BCUT2D eigenvalue weighted by atomic mass is 16.5. The second-order valence-corrected chi connectivity index (χ2v) is 6.58. The fraction of sp³-hybridized carbons (Fsp3) is 0.381. The van der Waals surface area contributed by atoms with E-state index >= 15 is 0 Å². The molecule has 3 rings (SSSR count). The molecule has 25 heavy (non-hydrogen) atoms. The molecule has 132 valence electrons. The van der Waals surface area contributed by atoms with Crippen molar-refractivity contribution in [3.8, 4) is 0 Å². The lowest BCUT2D eigenvalue weighted by molar-refractivity contribution is -0.0283. The summed E-state index contributed by atoms with van der Waals surface area (Å²) in [7, 11) is 0. The number of aliphatic hydroxyl groups is 2. The van der Waals surface area contributed by atoms with Crippen molar-refractivity contribution in [1.29, 1.82) is 0 Å². The largest absolute Gasteiger partial charge is 0.454 e. The smallest absolute Gasteiger partial charge is 0.339 e. The molecule has 4 nitrogen and oxygen atoms in total. The number of esters is 1. The zero-order chi connectivity index (χ0) is 17.6. The minimum absolute atomic E-state index is 0.180. The molecule has 0 amide bonds. The first-order valence-corrected chi connectivity index (χ1v) is 8.85. The van der Waals surface area contributed by atoms with Crippen molar-refractivity contribution < 1.29 is 19.7 Å². The number of hydrogen-bond donors (Lipinski definition) is 2. The molecule has 0 saturated carbocycles. The van der Waals surface area contributed by atoms with Crippen LogP contribution < -0.4 is 0 Å². The van der Waals surface area contributed by atoms with Crippen LogP contribution in [0.4, 0.5) is 0 Å². The molecule has 2 aromatic rings. The van der Waals surface area contributed by atoms with Gasteiger partial charge in [0.1, 0.15) is 6.10 Å². The third-order valence-corrected chi connectivity index (χ3v) is 4.75. The van der Waals surface area contributed by atoms with Gasteiger partial charge in [-0.1, -0.05) is 55.0 Å². The van der Waals surface area contributed by atoms with Gasteiger partial charge in [0.2, 0.25) is 0 Å². The van der Waals surface area contributed by atoms with E-state index in [1.165, 1.54) is 0 Å². The van der Waals surface area contributed by atoms with Crippen molar-refractivity contribution in [2.45, 2.75) is 50.4 Å². The van der Waals surface area contributed by atoms with E-state index in [4.69, 9.17) is 4.74 Å². The number of aliphatic hydroxyl groups excluding tert-OH is 2. The minimum atomic E-state index is -0.923. The SMILES string of the molecule is O=C1O[C@@H](c2ccccc2)C[C@@H](O)[C@H](O)CCCCc2ccccc21. The van der Waals surface area contributed by atoms with Crippen molar-refractivity contribution in [3.63, 3.8) is 0 Å². The average molecular weight is 340 g/mol. The zero-order valence-corrected chi connectivity index (χ0v) is 14.2. The van der Waals surface area contributed by atoms with Crippen LogP contribution in [0.5, 0.6) is 0 Å². The normalized spacial score (nSPS) is 25.2. The first-order valence-electron chi connectivity index (χ1n) is 8.85. The molecule has 2 aromatic carbocycles. The highest BCUT2D eigenvalue weighted by Gasteiger charge is 2.26. The van der Waals surface area contributed by atoms with Crippen molar-refractivity contribution in [2.75, 3.05) is 0 Å². The van der Waals surface area contributed by atoms with E-state index in [-0.39, 0.29) is 12.4 Å². The predicted molar refractivity (Wildman–Crippen MR) is 95.2 cm³/mol. The molecular weight excluding hydrogens is 316 g/mol. The molecule has 2 N–H and O–H groups in total. The van der Waals surface area contributed by atoms with Gasteiger partial charge in [0.25, 0.3) is 0 Å². The number of benzene rings is 2. The summed E-state index contributed by atoms with van der Waals surface area (Å²) in [6.07, 6.45) is 0.813. The maximum atomic E-state index is 12.7. The Hall–Kier alpha value is -2.17. The highest BCUT2D eigenvalue weighted by molar-refractivity contribution is 5.91. The van der Waals surface area contributed by atoms with Crippen LogP contribution in [0, 0.1) is 0 Å². The van der Waals surface area contributed by atoms with Crippen molar-refractivity contribution in [1.82, 2.24) is 0 Å². The van der Waals surface area contributed by atoms with E-state index in [9.17, 15) is 15.0 Å². The van der Waals surface area contributed by atoms with Gasteiger partial charge in [0, 0.05) is 6.42 Å². The Morgan fingerprint density at radius 3 is 2.40 bits per heavy atom. The molecule has 0 bridgehead atoms. The third-order valence-electron chi connectivity index (χ3n) is 4.75. The number of cyclic esters (lactones) is 1. The summed E-state index contributed by atoms with van der Waals surface area (Å²) in [6, 6.07) is 16.9. The Kier molecular flexibility index (Phi) is 5.84. The fourth-order valence-corrected chi connectivity index (χ4v) is 3.29. The van der Waals surface area contributed by atoms with E-state index in [2.05, 4.69) is 0 Å². The van der Waals surface area contributed by atoms with Crippen LogP contribution in [-0.4, -0.2) is 28.4 Å². The number of ether oxygens (including phenoxy) is 1. The van der Waals surface area contributed by atoms with Crippen LogP contribution >= 0.6 is 0 Å². The second-order valence-electron chi connectivity index (χ2n) is 6.58. The second kappa shape index (κ2) is 8.28. The standard InChI is InChI=1S/C21H24O4/c22-18-13-7-5-9-15-8-4-6-12-17(15)21(24)25-20(14-19(18)23)16-10-2-1-3-11-16/h1-4,6,8,10-12,18-20,22-23H,5,7,9,13-14H2/t18-,19-,20-/m1/s1. The number of aryl methyl sites for hydroxylation is 1. The third kappa shape index (κ3) is 4.47. The van der Waals surface area contributed by atoms with E-state index in [1.54, 1.807) is 6.07 Å². The van der Waals surface area contributed by atoms with Gasteiger partial charge >= 0.3 is 5.97 Å². The summed E-state index contributed by atoms with van der Waals surface area (Å²) in [4.78, 5) is 12.7. The predicted octanol–water partition coefficient (Wildman–Crippen LogP) is 3.42. The van der Waals surface area contributed by atoms with Crippen LogP contribution in [0.3, 0.4) is 0 Å². The Morgan fingerprint density at radius 1 is 0.880 bits per heavy atom. The summed E-state index contributed by atoms with van der Waals surface area (Å²) in [6.45, 7) is 0. The molecule has 1 aliphatic rings. The van der Waals surface area contributed by atoms with Gasteiger partial charge in [-0.25, -0.2) is 4.79 Å². The summed E-state index contributed by atoms with van der Waals surface area (Å²) >= 11 is 0. The Labute approximate surface area is 148 Å². The van der Waals surface area contributed by atoms with E-state index < -0.39 is 18.3 Å². The number of fused-ring (bicyclic) bond motifs is 1. The lowest BCUT2D eigenvalue weighted by Crippen LogP contribution is -2.29. The maximum absolute atomic E-state index is 12.7. The van der Waals surface area contributed by atoms with Gasteiger partial charge in [0.15, 0.2) is 0 Å². The van der Waals surface area contributed by atoms with Crippen LogP contribution in [0.2, 0.25) is 0 Å². The molecular formula is C21H24O4. The quantitative estimate of drug-likeness (QED) is 0.781. The Balaban J connectivity index is 1.92. The topological polar surface area (TPSA) is 66.8 Å². The van der Waals surface area contributed by atoms with Crippen molar-refractivity contribution >= 4 is 5.97 Å². The molecule has 1 aliphatic heterocycles. The molecule has 0 aromatic heterocycles. The lowest BCUT2D eigenvalue weighted by atomic mass is 9.95. The van der Waals surface area contributed by atoms with Crippen LogP contribution in [-0.2, 0) is 11.2 Å². The molecule has 0 fully saturated rings. The number of carbonyl (C=O) groups excluding carboxylic acids is 1. The summed E-state index contributed by atoms with van der Waals surface area (Å²) in [5, 5.41) is 20.5. The minimum Gasteiger partial charge on any atom is -0.454 e. The lowest BCUT2D eigenvalue weighted by Gasteiger charge is -2.25. The Morgan fingerprint density at radius 2 is 1.60 bits per heavy atom. The van der Waals surface area contributed by atoms with Gasteiger partial charge in [-0.3, -0.25) is 0 Å². The molecule has 0 unspecified atom stereocenters. The van der Waals surface area contributed by atoms with Gasteiger partial charge < -0.3 is 14.9 Å². The zero-order valence-electron chi connectivity index (χ0n) is 14.2. The van der Waals surface area contributed by atoms with E-state index in [1.807, 2.05) is 48.5 Å². The monoisotopic (exact) mass is 340 g/mol. The maximum Gasteiger partial charge on any atom is 0.339 e. The van der Waals surface area contributed by atoms with Gasteiger partial charge in [-0.05, 0) is 36.5 Å². The number of rotatable bonds is 1. The van der Waals surface area contributed by atoms with Crippen LogP contribution in [0.15, 0.2) is 54.6 Å². The molecule has 0 spiro atoms. The first kappa shape index (κ1) is 17.6. The van der Waals surface area contributed by atoms with Gasteiger partial charge in [-0.15, -0.1) is 0 Å². The van der Waals surface area contributed by atoms with E-state index in [0.29, 0.717) is 12.0 Å². The van der Waals surface area contributed by atoms with Crippen LogP contribution in [0.1, 0.15) is 53.3 Å². The number of hydrogen-bond acceptors (Lipinski definition) is 4. The van der Waals surface area contributed by atoms with Crippen LogP contribution in [0.25, 0.3) is 0 Å². The molecule has 1 heterocycles. The first-order chi connectivity index (χ1) is 12.1. The van der Waals surface area contributed by atoms with Gasteiger partial charge in [0.05, 0.1) is 17.8 Å². The van der Waals surface area contributed by atoms with Gasteiger partial charge in [-0.2, -0.15) is 0 Å².